The fraction of sp³-hybridized carbons (Fsp3) is 0.611. The molecule has 0 spiro atoms. The molecule has 2 saturated carbocycles. The first kappa shape index (κ1) is 17.9. The number of halogens is 1. The molecule has 24 heavy (non-hydrogen) atoms. The Morgan fingerprint density at radius 1 is 1.25 bits per heavy atom. The van der Waals surface area contributed by atoms with Gasteiger partial charge in [-0.05, 0) is 48.3 Å². The molecule has 2 fully saturated rings. The van der Waals surface area contributed by atoms with Gasteiger partial charge in [-0.15, -0.1) is 0 Å². The zero-order valence-corrected chi connectivity index (χ0v) is 15.7. The van der Waals surface area contributed by atoms with Gasteiger partial charge in [-0.1, -0.05) is 37.6 Å². The number of benzene rings is 1. The Hall–Kier alpha value is -0.910. The molecule has 6 heteroatoms. The highest BCUT2D eigenvalue weighted by molar-refractivity contribution is 7.89. The number of nitrogens with one attached hydrogen (secondary N) is 1. The van der Waals surface area contributed by atoms with Crippen LogP contribution in [0.1, 0.15) is 38.7 Å². The first-order valence-electron chi connectivity index (χ1n) is 8.41. The summed E-state index contributed by atoms with van der Waals surface area (Å²) in [7, 11) is -3.49. The second-order valence-corrected chi connectivity index (χ2v) is 9.94. The maximum absolute atomic E-state index is 12.6. The zero-order valence-electron chi connectivity index (χ0n) is 14.1. The molecule has 2 aliphatic rings. The number of carbonyl (C=O) groups excluding carboxylic acids is 1. The van der Waals surface area contributed by atoms with E-state index in [0.717, 1.165) is 12.0 Å². The van der Waals surface area contributed by atoms with E-state index >= 15 is 0 Å². The van der Waals surface area contributed by atoms with E-state index in [1.807, 2.05) is 12.1 Å². The van der Waals surface area contributed by atoms with Crippen LogP contribution in [0.15, 0.2) is 24.3 Å². The van der Waals surface area contributed by atoms with Crippen LogP contribution in [0.5, 0.6) is 0 Å². The summed E-state index contributed by atoms with van der Waals surface area (Å²) in [6, 6.07) is 7.37. The third-order valence-corrected chi connectivity index (χ3v) is 7.99. The van der Waals surface area contributed by atoms with Gasteiger partial charge in [-0.2, -0.15) is 0 Å². The molecule has 2 aliphatic carbocycles. The quantitative estimate of drug-likeness (QED) is 0.837. The van der Waals surface area contributed by atoms with Crippen molar-refractivity contribution in [2.75, 3.05) is 12.3 Å². The number of carbonyl (C=O) groups is 1. The van der Waals surface area contributed by atoms with Gasteiger partial charge in [-0.3, -0.25) is 4.79 Å². The highest BCUT2D eigenvalue weighted by Crippen LogP contribution is 2.64. The number of Topliss-reactive ketones (excluding diaryl/α,β-unsaturated/α-hetero) is 1. The van der Waals surface area contributed by atoms with Crippen LogP contribution in [0.3, 0.4) is 0 Å². The second kappa shape index (κ2) is 6.11. The van der Waals surface area contributed by atoms with Gasteiger partial charge in [0.15, 0.2) is 0 Å². The van der Waals surface area contributed by atoms with E-state index < -0.39 is 15.4 Å². The minimum Gasteiger partial charge on any atom is -0.299 e. The van der Waals surface area contributed by atoms with Gasteiger partial charge in [-0.25, -0.2) is 13.1 Å². The normalized spacial score (nSPS) is 28.5. The summed E-state index contributed by atoms with van der Waals surface area (Å²) in [5.41, 5.74) is 0.0946. The Morgan fingerprint density at radius 2 is 1.92 bits per heavy atom. The third kappa shape index (κ3) is 3.02. The molecule has 132 valence electrons. The van der Waals surface area contributed by atoms with Crippen LogP contribution in [-0.2, 0) is 21.2 Å². The summed E-state index contributed by atoms with van der Waals surface area (Å²) < 4.78 is 27.8. The van der Waals surface area contributed by atoms with Crippen molar-refractivity contribution in [1.82, 2.24) is 4.72 Å². The van der Waals surface area contributed by atoms with Crippen molar-refractivity contribution >= 4 is 27.4 Å². The summed E-state index contributed by atoms with van der Waals surface area (Å²) in [5, 5.41) is 0.663. The van der Waals surface area contributed by atoms with Crippen LogP contribution in [-0.4, -0.2) is 26.5 Å². The van der Waals surface area contributed by atoms with Crippen molar-refractivity contribution in [3.63, 3.8) is 0 Å². The Balaban J connectivity index is 1.64. The molecule has 1 aromatic carbocycles. The molecular formula is C18H24ClNO3S. The Bertz CT molecular complexity index is 742. The van der Waals surface area contributed by atoms with Gasteiger partial charge in [0.05, 0.1) is 5.75 Å². The first-order valence-corrected chi connectivity index (χ1v) is 10.4. The molecule has 0 unspecified atom stereocenters. The third-order valence-electron chi connectivity index (χ3n) is 6.22. The lowest BCUT2D eigenvalue weighted by Crippen LogP contribution is -2.45. The van der Waals surface area contributed by atoms with E-state index in [1.165, 1.54) is 0 Å². The second-order valence-electron chi connectivity index (χ2n) is 7.70. The summed E-state index contributed by atoms with van der Waals surface area (Å²) in [6.07, 6.45) is 2.79. The van der Waals surface area contributed by atoms with Gasteiger partial charge < -0.3 is 0 Å². The number of sulfonamides is 1. The first-order chi connectivity index (χ1) is 11.2. The van der Waals surface area contributed by atoms with Crippen LogP contribution < -0.4 is 4.72 Å². The van der Waals surface area contributed by atoms with E-state index in [0.29, 0.717) is 36.7 Å². The van der Waals surface area contributed by atoms with Crippen molar-refractivity contribution < 1.29 is 13.2 Å². The lowest BCUT2D eigenvalue weighted by Gasteiger charge is -2.36. The average Bonchev–Trinajstić information content (AvgIpc) is 2.83. The molecule has 0 amide bonds. The lowest BCUT2D eigenvalue weighted by molar-refractivity contribution is -0.128. The van der Waals surface area contributed by atoms with Crippen molar-refractivity contribution in [2.45, 2.75) is 39.5 Å². The Kier molecular flexibility index (Phi) is 4.56. The van der Waals surface area contributed by atoms with Gasteiger partial charge in [0, 0.05) is 23.4 Å². The fourth-order valence-electron chi connectivity index (χ4n) is 4.49. The van der Waals surface area contributed by atoms with E-state index in [9.17, 15) is 13.2 Å². The van der Waals surface area contributed by atoms with Gasteiger partial charge >= 0.3 is 0 Å². The Labute approximate surface area is 149 Å². The summed E-state index contributed by atoms with van der Waals surface area (Å²) in [6.45, 7) is 4.44. The van der Waals surface area contributed by atoms with Crippen LogP contribution in [0.25, 0.3) is 0 Å². The Morgan fingerprint density at radius 3 is 2.46 bits per heavy atom. The van der Waals surface area contributed by atoms with Crippen LogP contribution >= 0.6 is 11.6 Å². The molecule has 0 aliphatic heterocycles. The van der Waals surface area contributed by atoms with Gasteiger partial charge in [0.1, 0.15) is 5.78 Å². The molecule has 0 radical (unpaired) electrons. The zero-order chi connectivity index (χ0) is 17.6. The molecule has 0 heterocycles. The van der Waals surface area contributed by atoms with Gasteiger partial charge in [0.2, 0.25) is 10.0 Å². The van der Waals surface area contributed by atoms with E-state index in [2.05, 4.69) is 18.6 Å². The number of hydrogen-bond donors (Lipinski definition) is 1. The van der Waals surface area contributed by atoms with E-state index in [1.54, 1.807) is 12.1 Å². The number of ketones is 1. The summed E-state index contributed by atoms with van der Waals surface area (Å²) in [4.78, 5) is 12.5. The highest BCUT2D eigenvalue weighted by atomic mass is 35.5. The molecule has 0 saturated heterocycles. The molecule has 0 aromatic heterocycles. The molecule has 2 atom stereocenters. The average molecular weight is 370 g/mol. The largest absolute Gasteiger partial charge is 0.299 e. The maximum atomic E-state index is 12.6. The minimum atomic E-state index is -3.49. The fourth-order valence-corrected chi connectivity index (χ4v) is 6.45. The molecule has 1 N–H and O–H groups in total. The molecule has 4 nitrogen and oxygen atoms in total. The maximum Gasteiger partial charge on any atom is 0.212 e. The van der Waals surface area contributed by atoms with Crippen molar-refractivity contribution in [3.05, 3.63) is 34.9 Å². The number of hydrogen-bond acceptors (Lipinski definition) is 3. The topological polar surface area (TPSA) is 63.2 Å². The molecule has 2 bridgehead atoms. The monoisotopic (exact) mass is 369 g/mol. The van der Waals surface area contributed by atoms with E-state index in [-0.39, 0.29) is 17.0 Å². The van der Waals surface area contributed by atoms with Crippen LogP contribution in [0, 0.1) is 16.7 Å². The predicted molar refractivity (Wildman–Crippen MR) is 95.5 cm³/mol. The molecule has 1 aromatic rings. The van der Waals surface area contributed by atoms with E-state index in [4.69, 9.17) is 11.6 Å². The standard InChI is InChI=1S/C18H24ClNO3S/c1-17(2)14-7-9-18(17,16(21)11-14)12-24(22,23)20-10-8-13-3-5-15(19)6-4-13/h3-6,14,20H,7-12H2,1-2H3/t14-,18-/m0/s1. The van der Waals surface area contributed by atoms with Crippen molar-refractivity contribution in [3.8, 4) is 0 Å². The predicted octanol–water partition coefficient (Wildman–Crippen LogP) is 3.20. The smallest absolute Gasteiger partial charge is 0.212 e. The summed E-state index contributed by atoms with van der Waals surface area (Å²) in [5.74, 6) is 0.379. The summed E-state index contributed by atoms with van der Waals surface area (Å²) >= 11 is 5.85. The van der Waals surface area contributed by atoms with Crippen molar-refractivity contribution in [1.29, 1.82) is 0 Å². The minimum absolute atomic E-state index is 0.0804. The molecular weight excluding hydrogens is 346 g/mol. The van der Waals surface area contributed by atoms with Crippen LogP contribution in [0.2, 0.25) is 5.02 Å². The van der Waals surface area contributed by atoms with Crippen LogP contribution in [0.4, 0.5) is 0 Å². The van der Waals surface area contributed by atoms with Crippen molar-refractivity contribution in [2.24, 2.45) is 16.7 Å². The highest BCUT2D eigenvalue weighted by Gasteiger charge is 2.65. The molecule has 3 rings (SSSR count). The SMILES string of the molecule is CC1(C)[C@H]2CC[C@]1(CS(=O)(=O)NCCc1ccc(Cl)cc1)C(=O)C2. The van der Waals surface area contributed by atoms with Gasteiger partial charge in [0.25, 0.3) is 0 Å². The lowest BCUT2D eigenvalue weighted by atomic mass is 9.70. The number of fused-ring (bicyclic) bond motifs is 2. The number of rotatable bonds is 6.